The van der Waals surface area contributed by atoms with Crippen molar-refractivity contribution in [3.63, 3.8) is 0 Å². The van der Waals surface area contributed by atoms with E-state index in [0.717, 1.165) is 10.2 Å². The van der Waals surface area contributed by atoms with Crippen LogP contribution in [0, 0.1) is 0 Å². The van der Waals surface area contributed by atoms with Gasteiger partial charge in [-0.1, -0.05) is 23.7 Å². The number of aliphatic hydroxyl groups is 1. The minimum Gasteiger partial charge on any atom is -0.394 e. The van der Waals surface area contributed by atoms with Crippen molar-refractivity contribution < 1.29 is 9.84 Å². The van der Waals surface area contributed by atoms with Crippen LogP contribution >= 0.6 is 11.6 Å². The molecule has 2 aromatic rings. The summed E-state index contributed by atoms with van der Waals surface area (Å²) in [5.41, 5.74) is -0.144. The Bertz CT molecular complexity index is 709. The molecule has 0 aliphatic carbocycles. The fourth-order valence-corrected chi connectivity index (χ4v) is 1.81. The van der Waals surface area contributed by atoms with Gasteiger partial charge in [-0.05, 0) is 17.7 Å². The van der Waals surface area contributed by atoms with Crippen LogP contribution in [0.2, 0.25) is 5.02 Å². The summed E-state index contributed by atoms with van der Waals surface area (Å²) in [6.07, 6.45) is 0.271. The largest absolute Gasteiger partial charge is 0.394 e. The number of H-pyrrole nitrogens is 1. The molecule has 2 rings (SSSR count). The lowest BCUT2D eigenvalue weighted by atomic mass is 10.1. The van der Waals surface area contributed by atoms with Gasteiger partial charge in [0.15, 0.2) is 0 Å². The minimum atomic E-state index is -0.655. The SMILES string of the molecule is O=c1[nH]c(=O)n(COCCO)nc1Cc1ccc(Cl)cc1. The van der Waals surface area contributed by atoms with Crippen LogP contribution in [-0.4, -0.2) is 33.1 Å². The fraction of sp³-hybridized carbons (Fsp3) is 0.308. The predicted octanol–water partition coefficient (Wildman–Crippen LogP) is 0.142. The zero-order valence-electron chi connectivity index (χ0n) is 11.1. The first-order chi connectivity index (χ1) is 10.1. The Morgan fingerprint density at radius 1 is 1.29 bits per heavy atom. The molecule has 21 heavy (non-hydrogen) atoms. The Morgan fingerprint density at radius 3 is 2.67 bits per heavy atom. The van der Waals surface area contributed by atoms with Crippen LogP contribution in [0.15, 0.2) is 33.9 Å². The highest BCUT2D eigenvalue weighted by molar-refractivity contribution is 6.30. The normalized spacial score (nSPS) is 10.8. The lowest BCUT2D eigenvalue weighted by molar-refractivity contribution is 0.0379. The highest BCUT2D eigenvalue weighted by Gasteiger charge is 2.08. The molecule has 0 saturated heterocycles. The van der Waals surface area contributed by atoms with Gasteiger partial charge in [0.25, 0.3) is 5.56 Å². The zero-order chi connectivity index (χ0) is 15.2. The number of aliphatic hydroxyl groups excluding tert-OH is 1. The number of hydrogen-bond donors (Lipinski definition) is 2. The van der Waals surface area contributed by atoms with Crippen LogP contribution < -0.4 is 11.2 Å². The van der Waals surface area contributed by atoms with Crippen LogP contribution in [0.1, 0.15) is 11.3 Å². The summed E-state index contributed by atoms with van der Waals surface area (Å²) < 4.78 is 6.02. The van der Waals surface area contributed by atoms with E-state index in [1.54, 1.807) is 24.3 Å². The van der Waals surface area contributed by atoms with Gasteiger partial charge in [0.2, 0.25) is 0 Å². The van der Waals surface area contributed by atoms with Crippen molar-refractivity contribution in [3.8, 4) is 0 Å². The molecule has 7 nitrogen and oxygen atoms in total. The third-order valence-corrected chi connectivity index (χ3v) is 2.94. The third-order valence-electron chi connectivity index (χ3n) is 2.69. The highest BCUT2D eigenvalue weighted by Crippen LogP contribution is 2.10. The van der Waals surface area contributed by atoms with Crippen LogP contribution in [-0.2, 0) is 17.9 Å². The Kier molecular flexibility index (Phi) is 5.26. The molecule has 0 fully saturated rings. The second-order valence-electron chi connectivity index (χ2n) is 4.27. The van der Waals surface area contributed by atoms with E-state index in [1.165, 1.54) is 0 Å². The highest BCUT2D eigenvalue weighted by atomic mass is 35.5. The van der Waals surface area contributed by atoms with Crippen molar-refractivity contribution in [2.24, 2.45) is 0 Å². The number of aromatic nitrogens is 3. The Labute approximate surface area is 124 Å². The predicted molar refractivity (Wildman–Crippen MR) is 76.4 cm³/mol. The number of nitrogens with one attached hydrogen (secondary N) is 1. The van der Waals surface area contributed by atoms with Gasteiger partial charge in [0, 0.05) is 11.4 Å². The van der Waals surface area contributed by atoms with E-state index >= 15 is 0 Å². The monoisotopic (exact) mass is 311 g/mol. The quantitative estimate of drug-likeness (QED) is 0.740. The maximum absolute atomic E-state index is 11.8. The molecular weight excluding hydrogens is 298 g/mol. The Balaban J connectivity index is 2.22. The number of halogens is 1. The lowest BCUT2D eigenvalue weighted by Gasteiger charge is -2.06. The second kappa shape index (κ2) is 7.16. The van der Waals surface area contributed by atoms with Crippen LogP contribution in [0.3, 0.4) is 0 Å². The first kappa shape index (κ1) is 15.4. The van der Waals surface area contributed by atoms with Crippen LogP contribution in [0.5, 0.6) is 0 Å². The molecule has 1 heterocycles. The summed E-state index contributed by atoms with van der Waals surface area (Å²) in [7, 11) is 0. The lowest BCUT2D eigenvalue weighted by Crippen LogP contribution is -2.35. The maximum Gasteiger partial charge on any atom is 0.346 e. The van der Waals surface area contributed by atoms with E-state index in [0.29, 0.717) is 5.02 Å². The molecule has 0 atom stereocenters. The van der Waals surface area contributed by atoms with Crippen molar-refractivity contribution in [1.29, 1.82) is 0 Å². The van der Waals surface area contributed by atoms with Crippen LogP contribution in [0.25, 0.3) is 0 Å². The standard InChI is InChI=1S/C13H14ClN3O4/c14-10-3-1-9(2-4-10)7-11-12(19)15-13(20)17(16-11)8-21-6-5-18/h1-4,18H,5-8H2,(H,15,19,20). The van der Waals surface area contributed by atoms with E-state index in [-0.39, 0.29) is 32.1 Å². The molecule has 0 saturated carbocycles. The first-order valence-electron chi connectivity index (χ1n) is 6.23. The number of hydrogen-bond acceptors (Lipinski definition) is 5. The summed E-state index contributed by atoms with van der Waals surface area (Å²) in [4.78, 5) is 25.5. The summed E-state index contributed by atoms with van der Waals surface area (Å²) in [5, 5.41) is 13.2. The van der Waals surface area contributed by atoms with E-state index in [9.17, 15) is 9.59 Å². The van der Waals surface area contributed by atoms with Crippen LogP contribution in [0.4, 0.5) is 0 Å². The number of rotatable bonds is 6. The molecule has 0 radical (unpaired) electrons. The smallest absolute Gasteiger partial charge is 0.346 e. The number of aromatic amines is 1. The van der Waals surface area contributed by atoms with Gasteiger partial charge in [-0.15, -0.1) is 0 Å². The average molecular weight is 312 g/mol. The van der Waals surface area contributed by atoms with E-state index < -0.39 is 11.2 Å². The van der Waals surface area contributed by atoms with Gasteiger partial charge in [0.1, 0.15) is 12.4 Å². The third kappa shape index (κ3) is 4.25. The molecule has 2 N–H and O–H groups in total. The van der Waals surface area contributed by atoms with Crippen molar-refractivity contribution in [1.82, 2.24) is 14.8 Å². The molecule has 0 aliphatic heterocycles. The van der Waals surface area contributed by atoms with Gasteiger partial charge in [-0.25, -0.2) is 4.79 Å². The molecule has 1 aromatic carbocycles. The average Bonchev–Trinajstić information content (AvgIpc) is 2.46. The molecule has 112 valence electrons. The Hall–Kier alpha value is -1.96. The molecule has 8 heteroatoms. The molecule has 0 aliphatic rings. The van der Waals surface area contributed by atoms with Gasteiger partial charge < -0.3 is 9.84 Å². The van der Waals surface area contributed by atoms with E-state index in [1.807, 2.05) is 0 Å². The van der Waals surface area contributed by atoms with Crippen molar-refractivity contribution in [2.45, 2.75) is 13.2 Å². The molecule has 1 aromatic heterocycles. The first-order valence-corrected chi connectivity index (χ1v) is 6.61. The second-order valence-corrected chi connectivity index (χ2v) is 4.71. The molecule has 0 amide bonds. The van der Waals surface area contributed by atoms with Gasteiger partial charge in [-0.2, -0.15) is 9.78 Å². The summed E-state index contributed by atoms with van der Waals surface area (Å²) in [6.45, 7) is -0.209. The van der Waals surface area contributed by atoms with Gasteiger partial charge >= 0.3 is 5.69 Å². The summed E-state index contributed by atoms with van der Waals surface area (Å²) in [5.74, 6) is 0. The van der Waals surface area contributed by atoms with Gasteiger partial charge in [-0.3, -0.25) is 9.78 Å². The topological polar surface area (TPSA) is 97.2 Å². The molecular formula is C13H14ClN3O4. The maximum atomic E-state index is 11.8. The molecule has 0 bridgehead atoms. The summed E-state index contributed by atoms with van der Waals surface area (Å²) >= 11 is 5.80. The number of ether oxygens (including phenoxy) is 1. The minimum absolute atomic E-state index is 0.0831. The van der Waals surface area contributed by atoms with E-state index in [4.69, 9.17) is 21.4 Å². The van der Waals surface area contributed by atoms with Crippen molar-refractivity contribution in [2.75, 3.05) is 13.2 Å². The number of benzene rings is 1. The fourth-order valence-electron chi connectivity index (χ4n) is 1.68. The van der Waals surface area contributed by atoms with E-state index in [2.05, 4.69) is 10.1 Å². The molecule has 0 spiro atoms. The summed E-state index contributed by atoms with van der Waals surface area (Å²) in [6, 6.07) is 6.99. The van der Waals surface area contributed by atoms with Gasteiger partial charge in [0.05, 0.1) is 13.2 Å². The van der Waals surface area contributed by atoms with Crippen molar-refractivity contribution in [3.05, 3.63) is 61.4 Å². The molecule has 0 unspecified atom stereocenters. The Morgan fingerprint density at radius 2 is 2.00 bits per heavy atom. The van der Waals surface area contributed by atoms with Crippen molar-refractivity contribution >= 4 is 11.6 Å². The number of nitrogens with zero attached hydrogens (tertiary/aromatic N) is 2. The zero-order valence-corrected chi connectivity index (χ0v) is 11.8.